The molecular weight excluding hydrogens is 252 g/mol. The van der Waals surface area contributed by atoms with Gasteiger partial charge in [-0.15, -0.1) is 6.58 Å². The quantitative estimate of drug-likeness (QED) is 0.774. The Labute approximate surface area is 107 Å². The molecule has 0 atom stereocenters. The molecule has 1 N–H and O–H groups in total. The fourth-order valence-corrected chi connectivity index (χ4v) is 2.22. The molecule has 0 aliphatic heterocycles. The lowest BCUT2D eigenvalue weighted by molar-refractivity contribution is -0.119. The molecule has 0 saturated heterocycles. The van der Waals surface area contributed by atoms with E-state index in [1.807, 2.05) is 0 Å². The van der Waals surface area contributed by atoms with Gasteiger partial charge in [0.15, 0.2) is 0 Å². The summed E-state index contributed by atoms with van der Waals surface area (Å²) in [7, 11) is -3.49. The van der Waals surface area contributed by atoms with Crippen molar-refractivity contribution in [1.29, 1.82) is 0 Å². The third kappa shape index (κ3) is 4.21. The van der Waals surface area contributed by atoms with Crippen LogP contribution in [0.15, 0.2) is 43.0 Å². The van der Waals surface area contributed by atoms with Crippen molar-refractivity contribution in [3.8, 4) is 0 Å². The topological polar surface area (TPSA) is 66.5 Å². The minimum atomic E-state index is -3.49. The van der Waals surface area contributed by atoms with Crippen molar-refractivity contribution in [3.63, 3.8) is 0 Å². The van der Waals surface area contributed by atoms with Crippen LogP contribution in [-0.4, -0.2) is 33.7 Å². The molecule has 98 valence electrons. The molecule has 1 aromatic rings. The predicted molar refractivity (Wildman–Crippen MR) is 71.8 cm³/mol. The Morgan fingerprint density at radius 3 is 2.50 bits per heavy atom. The molecule has 1 aromatic carbocycles. The van der Waals surface area contributed by atoms with E-state index in [0.29, 0.717) is 12.2 Å². The van der Waals surface area contributed by atoms with Crippen molar-refractivity contribution in [2.75, 3.05) is 23.7 Å². The largest absolute Gasteiger partial charge is 0.351 e. The van der Waals surface area contributed by atoms with Crippen molar-refractivity contribution < 1.29 is 13.2 Å². The molecule has 5 nitrogen and oxygen atoms in total. The number of nitrogens with zero attached hydrogens (tertiary/aromatic N) is 1. The van der Waals surface area contributed by atoms with E-state index in [0.717, 1.165) is 10.6 Å². The van der Waals surface area contributed by atoms with Gasteiger partial charge in [-0.25, -0.2) is 8.42 Å². The lowest BCUT2D eigenvalue weighted by Gasteiger charge is -2.21. The Morgan fingerprint density at radius 1 is 1.39 bits per heavy atom. The number of carbonyl (C=O) groups is 1. The molecule has 1 rings (SSSR count). The maximum absolute atomic E-state index is 11.7. The number of benzene rings is 1. The number of para-hydroxylation sites is 1. The van der Waals surface area contributed by atoms with Crippen LogP contribution in [0.5, 0.6) is 0 Å². The van der Waals surface area contributed by atoms with Gasteiger partial charge in [0.2, 0.25) is 15.9 Å². The minimum absolute atomic E-state index is 0.239. The number of sulfonamides is 1. The zero-order chi connectivity index (χ0) is 13.6. The van der Waals surface area contributed by atoms with E-state index in [2.05, 4.69) is 11.9 Å². The first-order valence-corrected chi connectivity index (χ1v) is 7.20. The molecule has 0 spiro atoms. The maximum atomic E-state index is 11.7. The van der Waals surface area contributed by atoms with Gasteiger partial charge >= 0.3 is 0 Å². The molecule has 0 aliphatic rings. The summed E-state index contributed by atoms with van der Waals surface area (Å²) < 4.78 is 24.4. The van der Waals surface area contributed by atoms with Crippen LogP contribution in [0.3, 0.4) is 0 Å². The van der Waals surface area contributed by atoms with Crippen LogP contribution in [0, 0.1) is 0 Å². The Morgan fingerprint density at radius 2 is 2.00 bits per heavy atom. The summed E-state index contributed by atoms with van der Waals surface area (Å²) in [5.41, 5.74) is 0.466. The van der Waals surface area contributed by atoms with Gasteiger partial charge in [0.25, 0.3) is 0 Å². The van der Waals surface area contributed by atoms with E-state index in [1.165, 1.54) is 6.08 Å². The van der Waals surface area contributed by atoms with Gasteiger partial charge in [-0.1, -0.05) is 24.3 Å². The zero-order valence-corrected chi connectivity index (χ0v) is 11.0. The average Bonchev–Trinajstić information content (AvgIpc) is 2.33. The van der Waals surface area contributed by atoms with Gasteiger partial charge in [0.05, 0.1) is 11.9 Å². The van der Waals surface area contributed by atoms with Crippen molar-refractivity contribution in [1.82, 2.24) is 5.32 Å². The Kier molecular flexibility index (Phi) is 4.91. The standard InChI is InChI=1S/C12H16N2O3S/c1-3-9-13-12(15)10-14(18(2,16)17)11-7-5-4-6-8-11/h3-8H,1,9-10H2,2H3,(H,13,15). The number of hydrogen-bond donors (Lipinski definition) is 1. The van der Waals surface area contributed by atoms with Crippen LogP contribution in [0.4, 0.5) is 5.69 Å². The van der Waals surface area contributed by atoms with Gasteiger partial charge in [0, 0.05) is 6.54 Å². The molecule has 0 radical (unpaired) electrons. The van der Waals surface area contributed by atoms with Crippen LogP contribution < -0.4 is 9.62 Å². The maximum Gasteiger partial charge on any atom is 0.241 e. The van der Waals surface area contributed by atoms with E-state index in [4.69, 9.17) is 0 Å². The van der Waals surface area contributed by atoms with Gasteiger partial charge in [-0.3, -0.25) is 9.10 Å². The highest BCUT2D eigenvalue weighted by Crippen LogP contribution is 2.15. The third-order valence-corrected chi connectivity index (χ3v) is 3.32. The minimum Gasteiger partial charge on any atom is -0.351 e. The fourth-order valence-electron chi connectivity index (χ4n) is 1.37. The summed E-state index contributed by atoms with van der Waals surface area (Å²) >= 11 is 0. The number of hydrogen-bond acceptors (Lipinski definition) is 3. The number of carbonyl (C=O) groups excluding carboxylic acids is 1. The molecule has 6 heteroatoms. The van der Waals surface area contributed by atoms with Gasteiger partial charge in [-0.2, -0.15) is 0 Å². The number of rotatable bonds is 6. The SMILES string of the molecule is C=CCNC(=O)CN(c1ccccc1)S(C)(=O)=O. The van der Waals surface area contributed by atoms with Gasteiger partial charge in [-0.05, 0) is 12.1 Å². The lowest BCUT2D eigenvalue weighted by Crippen LogP contribution is -2.40. The summed E-state index contributed by atoms with van der Waals surface area (Å²) in [4.78, 5) is 11.6. The molecular formula is C12H16N2O3S. The van der Waals surface area contributed by atoms with Crippen molar-refractivity contribution >= 4 is 21.6 Å². The van der Waals surface area contributed by atoms with Crippen LogP contribution in [0.25, 0.3) is 0 Å². The highest BCUT2D eigenvalue weighted by atomic mass is 32.2. The fraction of sp³-hybridized carbons (Fsp3) is 0.250. The molecule has 0 aliphatic carbocycles. The zero-order valence-electron chi connectivity index (χ0n) is 10.2. The van der Waals surface area contributed by atoms with E-state index in [9.17, 15) is 13.2 Å². The molecule has 0 heterocycles. The van der Waals surface area contributed by atoms with Crippen LogP contribution in [-0.2, 0) is 14.8 Å². The number of nitrogens with one attached hydrogen (secondary N) is 1. The second kappa shape index (κ2) is 6.20. The van der Waals surface area contributed by atoms with E-state index >= 15 is 0 Å². The lowest BCUT2D eigenvalue weighted by atomic mass is 10.3. The number of anilines is 1. The smallest absolute Gasteiger partial charge is 0.241 e. The van der Waals surface area contributed by atoms with Gasteiger partial charge < -0.3 is 5.32 Å². The van der Waals surface area contributed by atoms with Crippen LogP contribution in [0.2, 0.25) is 0 Å². The highest BCUT2D eigenvalue weighted by molar-refractivity contribution is 7.92. The second-order valence-electron chi connectivity index (χ2n) is 3.70. The van der Waals surface area contributed by atoms with Crippen LogP contribution in [0.1, 0.15) is 0 Å². The van der Waals surface area contributed by atoms with E-state index < -0.39 is 10.0 Å². The van der Waals surface area contributed by atoms with Gasteiger partial charge in [0.1, 0.15) is 6.54 Å². The average molecular weight is 268 g/mol. The molecule has 0 fully saturated rings. The molecule has 0 saturated carbocycles. The predicted octanol–water partition coefficient (Wildman–Crippen LogP) is 0.755. The monoisotopic (exact) mass is 268 g/mol. The Bertz CT molecular complexity index is 511. The van der Waals surface area contributed by atoms with Crippen LogP contribution >= 0.6 is 0 Å². The first-order chi connectivity index (χ1) is 8.45. The first-order valence-electron chi connectivity index (χ1n) is 5.35. The molecule has 0 aromatic heterocycles. The molecule has 1 amide bonds. The molecule has 0 unspecified atom stereocenters. The Hall–Kier alpha value is -1.82. The summed E-state index contributed by atoms with van der Waals surface area (Å²) in [6.07, 6.45) is 2.60. The first kappa shape index (κ1) is 14.2. The second-order valence-corrected chi connectivity index (χ2v) is 5.60. The van der Waals surface area contributed by atoms with E-state index in [1.54, 1.807) is 30.3 Å². The highest BCUT2D eigenvalue weighted by Gasteiger charge is 2.19. The molecule has 18 heavy (non-hydrogen) atoms. The molecule has 0 bridgehead atoms. The summed E-state index contributed by atoms with van der Waals surface area (Å²) in [5, 5.41) is 2.54. The Balaban J connectivity index is 2.88. The summed E-state index contributed by atoms with van der Waals surface area (Å²) in [6, 6.07) is 8.50. The normalized spacial score (nSPS) is 10.7. The van der Waals surface area contributed by atoms with Crippen molar-refractivity contribution in [3.05, 3.63) is 43.0 Å². The third-order valence-electron chi connectivity index (χ3n) is 2.18. The van der Waals surface area contributed by atoms with Crippen molar-refractivity contribution in [2.45, 2.75) is 0 Å². The summed E-state index contributed by atoms with van der Waals surface area (Å²) in [5.74, 6) is -0.371. The summed E-state index contributed by atoms with van der Waals surface area (Å²) in [6.45, 7) is 3.54. The number of amides is 1. The van der Waals surface area contributed by atoms with E-state index in [-0.39, 0.29) is 12.5 Å². The van der Waals surface area contributed by atoms with Crippen molar-refractivity contribution in [2.24, 2.45) is 0 Å².